The Balaban J connectivity index is 2.37. The van der Waals surface area contributed by atoms with Gasteiger partial charge in [0, 0.05) is 16.3 Å². The zero-order chi connectivity index (χ0) is 12.9. The number of phenolic OH excluding ortho intramolecular Hbond substituents is 1. The molecule has 0 aliphatic rings. The SMILES string of the molecule is Oc1cccc2c1[nH]c1cc(C(F)(F)F)ccc12. The van der Waals surface area contributed by atoms with E-state index in [0.29, 0.717) is 21.8 Å². The summed E-state index contributed by atoms with van der Waals surface area (Å²) in [6.07, 6.45) is -4.37. The zero-order valence-electron chi connectivity index (χ0n) is 9.05. The Kier molecular flexibility index (Phi) is 2.08. The lowest BCUT2D eigenvalue weighted by Gasteiger charge is -2.05. The molecule has 0 saturated carbocycles. The topological polar surface area (TPSA) is 36.0 Å². The highest BCUT2D eigenvalue weighted by Crippen LogP contribution is 2.35. The second kappa shape index (κ2) is 3.41. The Bertz CT molecular complexity index is 743. The predicted octanol–water partition coefficient (Wildman–Crippen LogP) is 4.05. The van der Waals surface area contributed by atoms with Gasteiger partial charge in [0.25, 0.3) is 0 Å². The minimum Gasteiger partial charge on any atom is -0.506 e. The number of nitrogens with one attached hydrogen (secondary N) is 1. The molecule has 2 aromatic carbocycles. The minimum atomic E-state index is -4.37. The second-order valence-corrected chi connectivity index (χ2v) is 4.08. The van der Waals surface area contributed by atoms with Gasteiger partial charge in [-0.1, -0.05) is 18.2 Å². The maximum absolute atomic E-state index is 12.6. The summed E-state index contributed by atoms with van der Waals surface area (Å²) >= 11 is 0. The van der Waals surface area contributed by atoms with Crippen LogP contribution in [0.4, 0.5) is 13.2 Å². The average Bonchev–Trinajstić information content (AvgIpc) is 2.67. The summed E-state index contributed by atoms with van der Waals surface area (Å²) < 4.78 is 37.8. The standard InChI is InChI=1S/C13H8F3NO/c14-13(15,16)7-4-5-8-9-2-1-3-11(18)12(9)17-10(8)6-7/h1-6,17-18H. The quantitative estimate of drug-likeness (QED) is 0.621. The van der Waals surface area contributed by atoms with Gasteiger partial charge >= 0.3 is 6.18 Å². The first-order valence-corrected chi connectivity index (χ1v) is 5.27. The fraction of sp³-hybridized carbons (Fsp3) is 0.0769. The van der Waals surface area contributed by atoms with Gasteiger partial charge in [0.05, 0.1) is 11.1 Å². The third kappa shape index (κ3) is 1.51. The first-order valence-electron chi connectivity index (χ1n) is 5.27. The average molecular weight is 251 g/mol. The molecule has 92 valence electrons. The van der Waals surface area contributed by atoms with Crippen molar-refractivity contribution in [2.24, 2.45) is 0 Å². The number of halogens is 3. The van der Waals surface area contributed by atoms with Crippen molar-refractivity contribution in [1.82, 2.24) is 4.98 Å². The van der Waals surface area contributed by atoms with E-state index in [1.807, 2.05) is 0 Å². The number of hydrogen-bond donors (Lipinski definition) is 2. The number of hydrogen-bond acceptors (Lipinski definition) is 1. The lowest BCUT2D eigenvalue weighted by molar-refractivity contribution is -0.137. The van der Waals surface area contributed by atoms with Gasteiger partial charge in [-0.25, -0.2) is 0 Å². The first kappa shape index (κ1) is 11.0. The molecular weight excluding hydrogens is 243 g/mol. The fourth-order valence-corrected chi connectivity index (χ4v) is 2.09. The van der Waals surface area contributed by atoms with Crippen molar-refractivity contribution in [3.8, 4) is 5.75 Å². The third-order valence-electron chi connectivity index (χ3n) is 2.94. The Morgan fingerprint density at radius 1 is 1.00 bits per heavy atom. The molecule has 0 amide bonds. The first-order chi connectivity index (χ1) is 8.47. The van der Waals surface area contributed by atoms with Crippen LogP contribution in [0.1, 0.15) is 5.56 Å². The summed E-state index contributed by atoms with van der Waals surface area (Å²) in [5.41, 5.74) is 0.106. The van der Waals surface area contributed by atoms with Crippen molar-refractivity contribution in [2.75, 3.05) is 0 Å². The smallest absolute Gasteiger partial charge is 0.416 e. The number of aromatic hydroxyl groups is 1. The Morgan fingerprint density at radius 2 is 1.78 bits per heavy atom. The van der Waals surface area contributed by atoms with E-state index in [2.05, 4.69) is 4.98 Å². The van der Waals surface area contributed by atoms with Crippen molar-refractivity contribution < 1.29 is 18.3 Å². The fourth-order valence-electron chi connectivity index (χ4n) is 2.09. The number of fused-ring (bicyclic) bond motifs is 3. The maximum atomic E-state index is 12.6. The van der Waals surface area contributed by atoms with E-state index in [1.165, 1.54) is 12.1 Å². The third-order valence-corrected chi connectivity index (χ3v) is 2.94. The summed E-state index contributed by atoms with van der Waals surface area (Å²) in [6.45, 7) is 0. The van der Waals surface area contributed by atoms with Crippen molar-refractivity contribution >= 4 is 21.8 Å². The van der Waals surface area contributed by atoms with Crippen molar-refractivity contribution in [2.45, 2.75) is 6.18 Å². The highest BCUT2D eigenvalue weighted by atomic mass is 19.4. The van der Waals surface area contributed by atoms with Gasteiger partial charge in [0.1, 0.15) is 5.75 Å². The lowest BCUT2D eigenvalue weighted by atomic mass is 10.1. The number of benzene rings is 2. The van der Waals surface area contributed by atoms with Crippen molar-refractivity contribution in [3.63, 3.8) is 0 Å². The predicted molar refractivity (Wildman–Crippen MR) is 62.5 cm³/mol. The normalized spacial score (nSPS) is 12.4. The molecule has 0 aliphatic carbocycles. The van der Waals surface area contributed by atoms with Crippen LogP contribution in [0.2, 0.25) is 0 Å². The summed E-state index contributed by atoms with van der Waals surface area (Å²) in [5.74, 6) is 0.0252. The maximum Gasteiger partial charge on any atom is 0.416 e. The number of aromatic nitrogens is 1. The minimum absolute atomic E-state index is 0.0252. The molecule has 0 aliphatic heterocycles. The molecule has 0 spiro atoms. The lowest BCUT2D eigenvalue weighted by Crippen LogP contribution is -2.03. The van der Waals surface area contributed by atoms with E-state index < -0.39 is 11.7 Å². The van der Waals surface area contributed by atoms with Crippen LogP contribution in [0.15, 0.2) is 36.4 Å². The summed E-state index contributed by atoms with van der Waals surface area (Å²) in [7, 11) is 0. The van der Waals surface area contributed by atoms with Crippen LogP contribution in [0, 0.1) is 0 Å². The van der Waals surface area contributed by atoms with Crippen LogP contribution in [0.25, 0.3) is 21.8 Å². The van der Waals surface area contributed by atoms with Gasteiger partial charge in [0.15, 0.2) is 0 Å². The second-order valence-electron chi connectivity index (χ2n) is 4.08. The Labute approximate surface area is 99.7 Å². The molecule has 0 saturated heterocycles. The molecule has 2 N–H and O–H groups in total. The van der Waals surface area contributed by atoms with Crippen LogP contribution in [-0.4, -0.2) is 10.1 Å². The number of phenols is 1. The van der Waals surface area contributed by atoms with Gasteiger partial charge in [-0.15, -0.1) is 0 Å². The van der Waals surface area contributed by atoms with Gasteiger partial charge in [-0.3, -0.25) is 0 Å². The summed E-state index contributed by atoms with van der Waals surface area (Å²) in [4.78, 5) is 2.81. The molecule has 0 unspecified atom stereocenters. The largest absolute Gasteiger partial charge is 0.506 e. The number of para-hydroxylation sites is 1. The molecule has 0 radical (unpaired) electrons. The number of rotatable bonds is 0. The van der Waals surface area contributed by atoms with Crippen LogP contribution in [0.5, 0.6) is 5.75 Å². The number of alkyl halides is 3. The molecule has 1 heterocycles. The zero-order valence-corrected chi connectivity index (χ0v) is 9.05. The van der Waals surface area contributed by atoms with Gasteiger partial charge < -0.3 is 10.1 Å². The van der Waals surface area contributed by atoms with Gasteiger partial charge in [-0.2, -0.15) is 13.2 Å². The highest BCUT2D eigenvalue weighted by Gasteiger charge is 2.30. The molecular formula is C13H8F3NO. The molecule has 3 rings (SSSR count). The molecule has 18 heavy (non-hydrogen) atoms. The van der Waals surface area contributed by atoms with E-state index in [-0.39, 0.29) is 5.75 Å². The molecule has 5 heteroatoms. The van der Waals surface area contributed by atoms with E-state index in [1.54, 1.807) is 12.1 Å². The van der Waals surface area contributed by atoms with Crippen LogP contribution in [-0.2, 0) is 6.18 Å². The van der Waals surface area contributed by atoms with Gasteiger partial charge in [-0.05, 0) is 18.2 Å². The van der Waals surface area contributed by atoms with E-state index in [4.69, 9.17) is 0 Å². The highest BCUT2D eigenvalue weighted by molar-refractivity contribution is 6.09. The van der Waals surface area contributed by atoms with E-state index in [9.17, 15) is 18.3 Å². The summed E-state index contributed by atoms with van der Waals surface area (Å²) in [6, 6.07) is 8.40. The number of aromatic amines is 1. The van der Waals surface area contributed by atoms with Crippen LogP contribution >= 0.6 is 0 Å². The molecule has 0 fully saturated rings. The number of H-pyrrole nitrogens is 1. The van der Waals surface area contributed by atoms with Crippen LogP contribution < -0.4 is 0 Å². The molecule has 1 aromatic heterocycles. The van der Waals surface area contributed by atoms with E-state index in [0.717, 1.165) is 12.1 Å². The molecule has 2 nitrogen and oxygen atoms in total. The van der Waals surface area contributed by atoms with E-state index >= 15 is 0 Å². The Hall–Kier alpha value is -2.17. The van der Waals surface area contributed by atoms with Crippen molar-refractivity contribution in [3.05, 3.63) is 42.0 Å². The van der Waals surface area contributed by atoms with Crippen molar-refractivity contribution in [1.29, 1.82) is 0 Å². The Morgan fingerprint density at radius 3 is 2.50 bits per heavy atom. The summed E-state index contributed by atoms with van der Waals surface area (Å²) in [5, 5.41) is 11.0. The molecule has 0 atom stereocenters. The van der Waals surface area contributed by atoms with Crippen LogP contribution in [0.3, 0.4) is 0 Å². The molecule has 0 bridgehead atoms. The molecule has 3 aromatic rings. The monoisotopic (exact) mass is 251 g/mol. The van der Waals surface area contributed by atoms with Gasteiger partial charge in [0.2, 0.25) is 0 Å².